The third-order valence-corrected chi connectivity index (χ3v) is 6.54. The van der Waals surface area contributed by atoms with Crippen LogP contribution >= 0.6 is 11.6 Å². The third-order valence-electron chi connectivity index (χ3n) is 6.10. The van der Waals surface area contributed by atoms with Crippen LogP contribution < -0.4 is 5.32 Å². The summed E-state index contributed by atoms with van der Waals surface area (Å²) in [5.41, 5.74) is -0.386. The van der Waals surface area contributed by atoms with E-state index in [1.165, 1.54) is 18.2 Å². The van der Waals surface area contributed by atoms with Crippen molar-refractivity contribution in [2.75, 3.05) is 11.9 Å². The van der Waals surface area contributed by atoms with Crippen molar-refractivity contribution in [2.24, 2.45) is 17.3 Å². The van der Waals surface area contributed by atoms with Gasteiger partial charge in [0.2, 0.25) is 0 Å². The Labute approximate surface area is 161 Å². The average molecular weight is 393 g/mol. The zero-order valence-electron chi connectivity index (χ0n) is 14.8. The van der Waals surface area contributed by atoms with Crippen molar-refractivity contribution in [2.45, 2.75) is 43.4 Å². The highest BCUT2D eigenvalue weighted by atomic mass is 35.5. The van der Waals surface area contributed by atoms with Gasteiger partial charge in [-0.25, -0.2) is 0 Å². The van der Waals surface area contributed by atoms with Crippen LogP contribution in [0.3, 0.4) is 0 Å². The standard InChI is InChI=1S/C19H21ClN2O5/c20-19-8-12-4-13(9-19)7-18(6-12,11-19)17(24)27-10-16(23)21-14-2-1-3-15(5-14)22(25)26/h1-3,5,12-13H,4,6-11H2,(H,21,23)/t12-,13-,18?,19?/m1/s1. The molecule has 8 heteroatoms. The van der Waals surface area contributed by atoms with E-state index in [1.54, 1.807) is 6.07 Å². The second-order valence-corrected chi connectivity index (χ2v) is 9.13. The van der Waals surface area contributed by atoms with E-state index in [-0.39, 0.29) is 16.5 Å². The van der Waals surface area contributed by atoms with Crippen molar-refractivity contribution >= 4 is 34.9 Å². The lowest BCUT2D eigenvalue weighted by molar-refractivity contribution is -0.384. The first-order valence-electron chi connectivity index (χ1n) is 9.17. The monoisotopic (exact) mass is 392 g/mol. The van der Waals surface area contributed by atoms with Crippen LogP contribution in [0.2, 0.25) is 0 Å². The summed E-state index contributed by atoms with van der Waals surface area (Å²) >= 11 is 6.73. The molecule has 4 bridgehead atoms. The zero-order valence-corrected chi connectivity index (χ0v) is 15.5. The Hall–Kier alpha value is -2.15. The number of rotatable bonds is 5. The Balaban J connectivity index is 1.36. The number of amides is 1. The summed E-state index contributed by atoms with van der Waals surface area (Å²) in [6.45, 7) is -0.409. The summed E-state index contributed by atoms with van der Waals surface area (Å²) in [6, 6.07) is 5.62. The van der Waals surface area contributed by atoms with Crippen LogP contribution in [0.1, 0.15) is 38.5 Å². The number of halogens is 1. The molecule has 2 atom stereocenters. The lowest BCUT2D eigenvalue weighted by Crippen LogP contribution is -2.56. The highest BCUT2D eigenvalue weighted by Crippen LogP contribution is 2.64. The minimum absolute atomic E-state index is 0.120. The maximum absolute atomic E-state index is 12.8. The number of nitro benzene ring substituents is 1. The molecule has 4 saturated carbocycles. The first kappa shape index (κ1) is 18.2. The Morgan fingerprint density at radius 2 is 1.96 bits per heavy atom. The SMILES string of the molecule is O=C(COC(=O)C12C[C@H]3C[C@@H](CC(Cl)(C3)C1)C2)Nc1cccc([N+](=O)[O-])c1. The summed E-state index contributed by atoms with van der Waals surface area (Å²) in [4.78, 5) is 34.9. The molecule has 144 valence electrons. The molecule has 1 aromatic rings. The number of carbonyl (C=O) groups excluding carboxylic acids is 2. The molecule has 0 unspecified atom stereocenters. The molecule has 0 aromatic heterocycles. The largest absolute Gasteiger partial charge is 0.455 e. The van der Waals surface area contributed by atoms with Gasteiger partial charge in [0.1, 0.15) is 0 Å². The first-order chi connectivity index (χ1) is 12.8. The quantitative estimate of drug-likeness (QED) is 0.357. The van der Waals surface area contributed by atoms with Crippen molar-refractivity contribution < 1.29 is 19.2 Å². The maximum atomic E-state index is 12.8. The van der Waals surface area contributed by atoms with E-state index in [4.69, 9.17) is 16.3 Å². The van der Waals surface area contributed by atoms with E-state index < -0.39 is 22.9 Å². The summed E-state index contributed by atoms with van der Waals surface area (Å²) in [5.74, 6) is 0.0787. The number of nitrogens with zero attached hydrogens (tertiary/aromatic N) is 1. The van der Waals surface area contributed by atoms with E-state index in [2.05, 4.69) is 5.32 Å². The molecule has 4 aliphatic rings. The highest BCUT2D eigenvalue weighted by molar-refractivity contribution is 6.24. The van der Waals surface area contributed by atoms with Gasteiger partial charge >= 0.3 is 5.97 Å². The molecule has 1 amide bonds. The fraction of sp³-hybridized carbons (Fsp3) is 0.579. The Kier molecular flexibility index (Phi) is 4.37. The number of anilines is 1. The molecule has 7 nitrogen and oxygen atoms in total. The van der Waals surface area contributed by atoms with E-state index >= 15 is 0 Å². The Bertz CT molecular complexity index is 797. The number of non-ortho nitro benzene ring substituents is 1. The number of ether oxygens (including phenoxy) is 1. The summed E-state index contributed by atoms with van der Waals surface area (Å²) in [6.07, 6.45) is 5.28. The Morgan fingerprint density at radius 3 is 2.59 bits per heavy atom. The number of nitrogens with one attached hydrogen (secondary N) is 1. The number of esters is 1. The predicted octanol–water partition coefficient (Wildman–Crippen LogP) is 3.65. The van der Waals surface area contributed by atoms with Crippen LogP contribution in [0.15, 0.2) is 24.3 Å². The van der Waals surface area contributed by atoms with Crippen LogP contribution in [-0.4, -0.2) is 28.3 Å². The zero-order chi connectivity index (χ0) is 19.2. The van der Waals surface area contributed by atoms with Crippen LogP contribution in [-0.2, 0) is 14.3 Å². The molecule has 0 aliphatic heterocycles. The van der Waals surface area contributed by atoms with E-state index in [1.807, 2.05) is 0 Å². The number of hydrogen-bond donors (Lipinski definition) is 1. The van der Waals surface area contributed by atoms with Crippen molar-refractivity contribution in [3.63, 3.8) is 0 Å². The van der Waals surface area contributed by atoms with Crippen LogP contribution in [0, 0.1) is 27.4 Å². The van der Waals surface area contributed by atoms with Crippen LogP contribution in [0.4, 0.5) is 11.4 Å². The van der Waals surface area contributed by atoms with Gasteiger partial charge in [0.15, 0.2) is 6.61 Å². The summed E-state index contributed by atoms with van der Waals surface area (Å²) in [7, 11) is 0. The molecule has 4 aliphatic carbocycles. The molecule has 27 heavy (non-hydrogen) atoms. The number of alkyl halides is 1. The average Bonchev–Trinajstić information content (AvgIpc) is 2.57. The van der Waals surface area contributed by atoms with Crippen LogP contribution in [0.5, 0.6) is 0 Å². The number of carbonyl (C=O) groups is 2. The normalized spacial score (nSPS) is 33.5. The lowest BCUT2D eigenvalue weighted by Gasteiger charge is -2.58. The van der Waals surface area contributed by atoms with Gasteiger partial charge in [-0.3, -0.25) is 19.7 Å². The molecule has 0 heterocycles. The maximum Gasteiger partial charge on any atom is 0.312 e. The van der Waals surface area contributed by atoms with E-state index in [0.29, 0.717) is 23.9 Å². The number of benzene rings is 1. The minimum Gasteiger partial charge on any atom is -0.455 e. The van der Waals surface area contributed by atoms with Gasteiger partial charge < -0.3 is 10.1 Å². The van der Waals surface area contributed by atoms with Gasteiger partial charge in [0.05, 0.1) is 10.3 Å². The fourth-order valence-electron chi connectivity index (χ4n) is 5.57. The molecular weight excluding hydrogens is 372 g/mol. The molecule has 1 N–H and O–H groups in total. The lowest BCUT2D eigenvalue weighted by atomic mass is 9.49. The molecule has 0 spiro atoms. The van der Waals surface area contributed by atoms with Crippen LogP contribution in [0.25, 0.3) is 0 Å². The topological polar surface area (TPSA) is 98.5 Å². The van der Waals surface area contributed by atoms with Gasteiger partial charge in [-0.1, -0.05) is 6.07 Å². The Morgan fingerprint density at radius 1 is 1.26 bits per heavy atom. The molecule has 0 saturated heterocycles. The summed E-state index contributed by atoms with van der Waals surface area (Å²) < 4.78 is 5.34. The van der Waals surface area contributed by atoms with Gasteiger partial charge in [0.25, 0.3) is 11.6 Å². The highest BCUT2D eigenvalue weighted by Gasteiger charge is 2.60. The molecular formula is C19H21ClN2O5. The van der Waals surface area contributed by atoms with Crippen molar-refractivity contribution in [3.05, 3.63) is 34.4 Å². The molecule has 4 fully saturated rings. The number of nitro groups is 1. The van der Waals surface area contributed by atoms with Gasteiger partial charge in [-0.15, -0.1) is 11.6 Å². The molecule has 0 radical (unpaired) electrons. The van der Waals surface area contributed by atoms with E-state index in [9.17, 15) is 19.7 Å². The van der Waals surface area contributed by atoms with Gasteiger partial charge in [0, 0.05) is 22.7 Å². The predicted molar refractivity (Wildman–Crippen MR) is 98.4 cm³/mol. The van der Waals surface area contributed by atoms with Crippen molar-refractivity contribution in [3.8, 4) is 0 Å². The molecule has 1 aromatic carbocycles. The number of hydrogen-bond acceptors (Lipinski definition) is 5. The fourth-order valence-corrected chi connectivity index (χ4v) is 6.26. The summed E-state index contributed by atoms with van der Waals surface area (Å²) in [5, 5.41) is 13.3. The minimum atomic E-state index is -0.558. The second-order valence-electron chi connectivity index (χ2n) is 8.32. The first-order valence-corrected chi connectivity index (χ1v) is 9.55. The second kappa shape index (κ2) is 6.48. The van der Waals surface area contributed by atoms with Crippen molar-refractivity contribution in [1.29, 1.82) is 0 Å². The smallest absolute Gasteiger partial charge is 0.312 e. The third kappa shape index (κ3) is 3.52. The van der Waals surface area contributed by atoms with Crippen molar-refractivity contribution in [1.82, 2.24) is 0 Å². The van der Waals surface area contributed by atoms with Gasteiger partial charge in [-0.05, 0) is 56.4 Å². The van der Waals surface area contributed by atoms with E-state index in [0.717, 1.165) is 32.1 Å². The molecule has 5 rings (SSSR count). The van der Waals surface area contributed by atoms with Gasteiger partial charge in [-0.2, -0.15) is 0 Å².